The van der Waals surface area contributed by atoms with Gasteiger partial charge in [0.15, 0.2) is 0 Å². The highest BCUT2D eigenvalue weighted by atomic mass is 16.2. The predicted molar refractivity (Wildman–Crippen MR) is 85.0 cm³/mol. The fourth-order valence-electron chi connectivity index (χ4n) is 2.34. The number of rotatable bonds is 5. The number of carbonyl (C=O) groups is 2. The number of nitrogens with zero attached hydrogens (tertiary/aromatic N) is 1. The van der Waals surface area contributed by atoms with Gasteiger partial charge >= 0.3 is 0 Å². The quantitative estimate of drug-likeness (QED) is 0.809. The van der Waals surface area contributed by atoms with Crippen LogP contribution in [0.2, 0.25) is 0 Å². The van der Waals surface area contributed by atoms with Gasteiger partial charge in [0.25, 0.3) is 0 Å². The van der Waals surface area contributed by atoms with Crippen LogP contribution in [-0.4, -0.2) is 47.9 Å². The van der Waals surface area contributed by atoms with Crippen molar-refractivity contribution in [3.8, 4) is 0 Å². The molecule has 5 heteroatoms. The molecule has 0 aromatic carbocycles. The summed E-state index contributed by atoms with van der Waals surface area (Å²) < 4.78 is 0. The Morgan fingerprint density at radius 1 is 1.19 bits per heavy atom. The van der Waals surface area contributed by atoms with Crippen molar-refractivity contribution in [2.45, 2.75) is 65.5 Å². The summed E-state index contributed by atoms with van der Waals surface area (Å²) >= 11 is 0. The topological polar surface area (TPSA) is 61.4 Å². The molecule has 0 aromatic heterocycles. The number of nitrogens with one attached hydrogen (secondary N) is 2. The minimum Gasteiger partial charge on any atom is -0.353 e. The van der Waals surface area contributed by atoms with E-state index in [1.807, 2.05) is 18.7 Å². The highest BCUT2D eigenvalue weighted by Gasteiger charge is 2.24. The van der Waals surface area contributed by atoms with Gasteiger partial charge in [0.1, 0.15) is 0 Å². The van der Waals surface area contributed by atoms with Crippen molar-refractivity contribution >= 4 is 11.8 Å². The first-order valence-electron chi connectivity index (χ1n) is 8.02. The Bertz CT molecular complexity index is 353. The van der Waals surface area contributed by atoms with Crippen molar-refractivity contribution in [2.24, 2.45) is 5.92 Å². The lowest BCUT2D eigenvalue weighted by molar-refractivity contribution is -0.132. The number of piperidine rings is 1. The van der Waals surface area contributed by atoms with E-state index in [2.05, 4.69) is 31.4 Å². The molecular weight excluding hydrogens is 266 g/mol. The zero-order chi connectivity index (χ0) is 16.0. The zero-order valence-electron chi connectivity index (χ0n) is 14.2. The van der Waals surface area contributed by atoms with Gasteiger partial charge in [-0.3, -0.25) is 9.59 Å². The Morgan fingerprint density at radius 2 is 1.76 bits per heavy atom. The summed E-state index contributed by atoms with van der Waals surface area (Å²) in [5, 5.41) is 6.39. The second-order valence-corrected chi connectivity index (χ2v) is 7.25. The number of likely N-dealkylation sites (tertiary alicyclic amines) is 1. The van der Waals surface area contributed by atoms with Crippen LogP contribution in [-0.2, 0) is 9.59 Å². The van der Waals surface area contributed by atoms with Gasteiger partial charge in [-0.2, -0.15) is 0 Å². The standard InChI is InChI=1S/C16H31N3O2/c1-12(2)15(21)18-13-7-10-19(11-8-13)14(20)6-9-17-16(3,4)5/h12-13,17H,6-11H2,1-5H3,(H,18,21). The Hall–Kier alpha value is -1.10. The molecule has 21 heavy (non-hydrogen) atoms. The third-order valence-electron chi connectivity index (χ3n) is 3.71. The smallest absolute Gasteiger partial charge is 0.223 e. The molecule has 0 aromatic rings. The zero-order valence-corrected chi connectivity index (χ0v) is 14.2. The molecule has 1 fully saturated rings. The molecule has 0 saturated carbocycles. The Kier molecular flexibility index (Phi) is 6.65. The van der Waals surface area contributed by atoms with Crippen LogP contribution in [0.4, 0.5) is 0 Å². The summed E-state index contributed by atoms with van der Waals surface area (Å²) in [7, 11) is 0. The van der Waals surface area contributed by atoms with Crippen molar-refractivity contribution in [3.05, 3.63) is 0 Å². The Balaban J connectivity index is 2.26. The minimum atomic E-state index is 0.0214. The van der Waals surface area contributed by atoms with Crippen LogP contribution >= 0.6 is 0 Å². The minimum absolute atomic E-state index is 0.0214. The maximum atomic E-state index is 12.1. The molecule has 0 spiro atoms. The molecule has 0 radical (unpaired) electrons. The molecule has 0 bridgehead atoms. The van der Waals surface area contributed by atoms with Crippen LogP contribution in [0.5, 0.6) is 0 Å². The normalized spacial score (nSPS) is 17.1. The van der Waals surface area contributed by atoms with E-state index in [0.29, 0.717) is 13.0 Å². The fourth-order valence-corrected chi connectivity index (χ4v) is 2.34. The molecule has 122 valence electrons. The van der Waals surface area contributed by atoms with Gasteiger partial charge in [0.2, 0.25) is 11.8 Å². The van der Waals surface area contributed by atoms with Gasteiger partial charge in [0, 0.05) is 43.6 Å². The van der Waals surface area contributed by atoms with Gasteiger partial charge in [0.05, 0.1) is 0 Å². The van der Waals surface area contributed by atoms with Crippen molar-refractivity contribution in [1.82, 2.24) is 15.5 Å². The second kappa shape index (κ2) is 7.78. The van der Waals surface area contributed by atoms with E-state index in [0.717, 1.165) is 25.9 Å². The Morgan fingerprint density at radius 3 is 2.24 bits per heavy atom. The number of amides is 2. The molecule has 2 amide bonds. The molecule has 0 unspecified atom stereocenters. The molecule has 5 nitrogen and oxygen atoms in total. The van der Waals surface area contributed by atoms with Crippen molar-refractivity contribution in [1.29, 1.82) is 0 Å². The Labute approximate surface area is 128 Å². The van der Waals surface area contributed by atoms with E-state index < -0.39 is 0 Å². The first kappa shape index (κ1) is 18.0. The van der Waals surface area contributed by atoms with E-state index >= 15 is 0 Å². The summed E-state index contributed by atoms with van der Waals surface area (Å²) in [6.07, 6.45) is 2.26. The third-order valence-corrected chi connectivity index (χ3v) is 3.71. The molecule has 0 aliphatic carbocycles. The van der Waals surface area contributed by atoms with E-state index in [-0.39, 0.29) is 29.3 Å². The monoisotopic (exact) mass is 297 g/mol. The summed E-state index contributed by atoms with van der Waals surface area (Å²) in [6, 6.07) is 0.219. The molecule has 2 N–H and O–H groups in total. The van der Waals surface area contributed by atoms with Crippen LogP contribution in [0.1, 0.15) is 53.9 Å². The van der Waals surface area contributed by atoms with Crippen molar-refractivity contribution in [3.63, 3.8) is 0 Å². The van der Waals surface area contributed by atoms with Crippen molar-refractivity contribution in [2.75, 3.05) is 19.6 Å². The maximum Gasteiger partial charge on any atom is 0.223 e. The molecule has 0 atom stereocenters. The van der Waals surface area contributed by atoms with Gasteiger partial charge in [-0.25, -0.2) is 0 Å². The van der Waals surface area contributed by atoms with Crippen LogP contribution in [0.25, 0.3) is 0 Å². The highest BCUT2D eigenvalue weighted by Crippen LogP contribution is 2.12. The average Bonchev–Trinajstić information content (AvgIpc) is 2.37. The molecule has 1 aliphatic heterocycles. The van der Waals surface area contributed by atoms with Gasteiger partial charge in [-0.1, -0.05) is 13.8 Å². The highest BCUT2D eigenvalue weighted by molar-refractivity contribution is 5.78. The molecule has 1 saturated heterocycles. The summed E-state index contributed by atoms with van der Waals surface area (Å²) in [4.78, 5) is 25.7. The second-order valence-electron chi connectivity index (χ2n) is 7.25. The predicted octanol–water partition coefficient (Wildman–Crippen LogP) is 1.53. The van der Waals surface area contributed by atoms with Crippen LogP contribution < -0.4 is 10.6 Å². The maximum absolute atomic E-state index is 12.1. The lowest BCUT2D eigenvalue weighted by atomic mass is 10.0. The number of hydrogen-bond acceptors (Lipinski definition) is 3. The summed E-state index contributed by atoms with van der Waals surface area (Å²) in [6.45, 7) is 12.3. The largest absolute Gasteiger partial charge is 0.353 e. The van der Waals surface area contributed by atoms with E-state index in [1.54, 1.807) is 0 Å². The SMILES string of the molecule is CC(C)C(=O)NC1CCN(C(=O)CCNC(C)(C)C)CC1. The van der Waals surface area contributed by atoms with Crippen LogP contribution in [0, 0.1) is 5.92 Å². The van der Waals surface area contributed by atoms with Crippen molar-refractivity contribution < 1.29 is 9.59 Å². The first-order valence-corrected chi connectivity index (χ1v) is 8.02. The van der Waals surface area contributed by atoms with E-state index in [4.69, 9.17) is 0 Å². The average molecular weight is 297 g/mol. The number of hydrogen-bond donors (Lipinski definition) is 2. The van der Waals surface area contributed by atoms with Crippen LogP contribution in [0.15, 0.2) is 0 Å². The summed E-state index contributed by atoms with van der Waals surface area (Å²) in [5.41, 5.74) is 0.0500. The lowest BCUT2D eigenvalue weighted by Gasteiger charge is -2.33. The third kappa shape index (κ3) is 6.93. The lowest BCUT2D eigenvalue weighted by Crippen LogP contribution is -2.48. The first-order chi connectivity index (χ1) is 9.69. The van der Waals surface area contributed by atoms with Gasteiger partial charge < -0.3 is 15.5 Å². The van der Waals surface area contributed by atoms with Gasteiger partial charge in [-0.05, 0) is 33.6 Å². The van der Waals surface area contributed by atoms with Gasteiger partial charge in [-0.15, -0.1) is 0 Å². The van der Waals surface area contributed by atoms with E-state index in [9.17, 15) is 9.59 Å². The summed E-state index contributed by atoms with van der Waals surface area (Å²) in [5.74, 6) is 0.336. The fraction of sp³-hybridized carbons (Fsp3) is 0.875. The molecule has 1 heterocycles. The van der Waals surface area contributed by atoms with E-state index in [1.165, 1.54) is 0 Å². The molecular formula is C16H31N3O2. The molecule has 1 aliphatic rings. The van der Waals surface area contributed by atoms with Crippen LogP contribution in [0.3, 0.4) is 0 Å². The molecule has 1 rings (SSSR count). The number of carbonyl (C=O) groups excluding carboxylic acids is 2.